The van der Waals surface area contributed by atoms with E-state index in [0.29, 0.717) is 0 Å². The molecule has 0 amide bonds. The second kappa shape index (κ2) is 6.43. The monoisotopic (exact) mass is 283 g/mol. The fourth-order valence-electron chi connectivity index (χ4n) is 1.30. The molecule has 0 spiro atoms. The van der Waals surface area contributed by atoms with E-state index in [1.54, 1.807) is 0 Å². The topological polar surface area (TPSA) is 9.23 Å². The summed E-state index contributed by atoms with van der Waals surface area (Å²) in [5, 5.41) is 0. The molecule has 1 nitrogen and oxygen atoms in total. The maximum Gasteiger partial charge on any atom is 0.247 e. The van der Waals surface area contributed by atoms with Crippen LogP contribution < -0.4 is 0 Å². The van der Waals surface area contributed by atoms with Crippen molar-refractivity contribution in [1.29, 1.82) is 0 Å². The van der Waals surface area contributed by atoms with Crippen LogP contribution in [-0.4, -0.2) is 20.5 Å². The molecule has 0 aromatic heterocycles. The molecule has 0 unspecified atom stereocenters. The van der Waals surface area contributed by atoms with E-state index in [4.69, 9.17) is 4.43 Å². The lowest BCUT2D eigenvalue weighted by atomic mass is 9.95. The highest BCUT2D eigenvalue weighted by atomic mass is 127. The van der Waals surface area contributed by atoms with Gasteiger partial charge >= 0.3 is 0 Å². The van der Waals surface area contributed by atoms with E-state index >= 15 is 0 Å². The Labute approximate surface area is 87.0 Å². The molecule has 3 heteroatoms. The number of hydrogen-bond acceptors (Lipinski definition) is 1. The van der Waals surface area contributed by atoms with E-state index in [2.05, 4.69) is 46.9 Å². The average molecular weight is 283 g/mol. The molecule has 3 radical (unpaired) electrons. The minimum Gasteiger partial charge on any atom is -0.412 e. The Balaban J connectivity index is 3.96. The van der Waals surface area contributed by atoms with Crippen molar-refractivity contribution in [2.45, 2.75) is 45.1 Å². The van der Waals surface area contributed by atoms with Gasteiger partial charge in [0, 0.05) is 4.43 Å². The first kappa shape index (κ1) is 11.9. The quantitative estimate of drug-likeness (QED) is 0.414. The van der Waals surface area contributed by atoms with E-state index in [9.17, 15) is 0 Å². The van der Waals surface area contributed by atoms with Crippen LogP contribution in [0.2, 0.25) is 0 Å². The van der Waals surface area contributed by atoms with E-state index in [1.165, 1.54) is 12.8 Å². The zero-order valence-electron chi connectivity index (χ0n) is 7.32. The third-order valence-corrected chi connectivity index (χ3v) is 3.69. The van der Waals surface area contributed by atoms with Gasteiger partial charge in [-0.1, -0.05) is 49.3 Å². The second-order valence-corrected chi connectivity index (χ2v) is 3.89. The Morgan fingerprint density at radius 3 is 1.91 bits per heavy atom. The summed E-state index contributed by atoms with van der Waals surface area (Å²) < 4.78 is 6.43. The van der Waals surface area contributed by atoms with Crippen molar-refractivity contribution >= 4 is 33.1 Å². The summed E-state index contributed by atoms with van der Waals surface area (Å²) in [6.07, 6.45) is 4.67. The molecule has 0 aliphatic heterocycles. The highest BCUT2D eigenvalue weighted by Crippen LogP contribution is 2.25. The highest BCUT2D eigenvalue weighted by Gasteiger charge is 2.25. The van der Waals surface area contributed by atoms with Crippen LogP contribution in [0, 0.1) is 0 Å². The summed E-state index contributed by atoms with van der Waals surface area (Å²) in [6.45, 7) is 4.39. The van der Waals surface area contributed by atoms with Gasteiger partial charge in [0.1, 0.15) is 0 Å². The Hall–Kier alpha value is 0.907. The van der Waals surface area contributed by atoms with Gasteiger partial charge in [-0.25, -0.2) is 0 Å². The van der Waals surface area contributed by atoms with Gasteiger partial charge in [0.25, 0.3) is 0 Å². The van der Waals surface area contributed by atoms with Crippen molar-refractivity contribution in [3.05, 3.63) is 0 Å². The van der Waals surface area contributed by atoms with Gasteiger partial charge < -0.3 is 4.43 Å². The molecule has 0 aromatic rings. The highest BCUT2D eigenvalue weighted by molar-refractivity contribution is 14.1. The molecule has 0 bridgehead atoms. The standard InChI is InChI=1S/C8H16IOSi/c1-3-5-8(7-9,10-11)6-4-2/h3-7H2,1-2H3. The first-order chi connectivity index (χ1) is 5.24. The van der Waals surface area contributed by atoms with Crippen molar-refractivity contribution in [3.8, 4) is 0 Å². The first-order valence-corrected chi connectivity index (χ1v) is 6.08. The summed E-state index contributed by atoms with van der Waals surface area (Å²) in [4.78, 5) is 0. The molecule has 0 N–H and O–H groups in total. The Kier molecular flexibility index (Phi) is 6.96. The Morgan fingerprint density at radius 2 is 1.73 bits per heavy atom. The third-order valence-electron chi connectivity index (χ3n) is 1.87. The zero-order valence-corrected chi connectivity index (χ0v) is 10.5. The lowest BCUT2D eigenvalue weighted by Crippen LogP contribution is -2.33. The molecule has 65 valence electrons. The lowest BCUT2D eigenvalue weighted by molar-refractivity contribution is 0.0876. The van der Waals surface area contributed by atoms with Crippen LogP contribution in [0.3, 0.4) is 0 Å². The van der Waals surface area contributed by atoms with Crippen molar-refractivity contribution in [2.24, 2.45) is 0 Å². The van der Waals surface area contributed by atoms with Gasteiger partial charge in [0.2, 0.25) is 10.5 Å². The van der Waals surface area contributed by atoms with Crippen LogP contribution in [0.4, 0.5) is 0 Å². The molecule has 0 aromatic carbocycles. The fraction of sp³-hybridized carbons (Fsp3) is 1.00. The van der Waals surface area contributed by atoms with Gasteiger partial charge in [-0.15, -0.1) is 0 Å². The van der Waals surface area contributed by atoms with Crippen LogP contribution in [-0.2, 0) is 4.43 Å². The lowest BCUT2D eigenvalue weighted by Gasteiger charge is -2.30. The maximum atomic E-state index is 5.37. The molecule has 0 atom stereocenters. The summed E-state index contributed by atoms with van der Waals surface area (Å²) in [6, 6.07) is 0. The molecule has 0 aliphatic carbocycles. The number of halogens is 1. The molecule has 0 saturated carbocycles. The van der Waals surface area contributed by atoms with Gasteiger partial charge in [-0.05, 0) is 12.8 Å². The fourth-order valence-corrected chi connectivity index (χ4v) is 2.79. The third kappa shape index (κ3) is 3.89. The second-order valence-electron chi connectivity index (χ2n) is 2.92. The minimum atomic E-state index is 0.0843. The molecular weight excluding hydrogens is 267 g/mol. The summed E-state index contributed by atoms with van der Waals surface area (Å²) in [5.74, 6) is 0. The SMILES string of the molecule is CCCC(CI)(CCC)O[Si]. The van der Waals surface area contributed by atoms with Crippen LogP contribution >= 0.6 is 22.6 Å². The Bertz CT molecular complexity index is 86.1. The summed E-state index contributed by atoms with van der Waals surface area (Å²) >= 11 is 2.39. The zero-order chi connectivity index (χ0) is 8.74. The molecule has 11 heavy (non-hydrogen) atoms. The van der Waals surface area contributed by atoms with Gasteiger partial charge in [0.15, 0.2) is 0 Å². The van der Waals surface area contributed by atoms with Crippen molar-refractivity contribution in [3.63, 3.8) is 0 Å². The molecule has 0 aliphatic rings. The average Bonchev–Trinajstić information content (AvgIpc) is 2.04. The van der Waals surface area contributed by atoms with Gasteiger partial charge in [0.05, 0.1) is 5.60 Å². The first-order valence-electron chi connectivity index (χ1n) is 4.15. The van der Waals surface area contributed by atoms with Crippen LogP contribution in [0.15, 0.2) is 0 Å². The summed E-state index contributed by atoms with van der Waals surface area (Å²) in [7, 11) is 3.18. The van der Waals surface area contributed by atoms with E-state index in [0.717, 1.165) is 17.3 Å². The molecular formula is C8H16IOSi. The summed E-state index contributed by atoms with van der Waals surface area (Å²) in [5.41, 5.74) is 0.0843. The van der Waals surface area contributed by atoms with Crippen molar-refractivity contribution in [1.82, 2.24) is 0 Å². The normalized spacial score (nSPS) is 12.0. The minimum absolute atomic E-state index is 0.0843. The van der Waals surface area contributed by atoms with E-state index in [-0.39, 0.29) is 5.60 Å². The van der Waals surface area contributed by atoms with Gasteiger partial charge in [-0.3, -0.25) is 0 Å². The number of hydrogen-bond donors (Lipinski definition) is 0. The van der Waals surface area contributed by atoms with E-state index in [1.807, 2.05) is 0 Å². The van der Waals surface area contributed by atoms with Crippen LogP contribution in [0.25, 0.3) is 0 Å². The molecule has 0 saturated heterocycles. The largest absolute Gasteiger partial charge is 0.412 e. The smallest absolute Gasteiger partial charge is 0.247 e. The number of alkyl halides is 1. The van der Waals surface area contributed by atoms with Crippen LogP contribution in [0.5, 0.6) is 0 Å². The van der Waals surface area contributed by atoms with Gasteiger partial charge in [-0.2, -0.15) is 0 Å². The molecule has 0 heterocycles. The van der Waals surface area contributed by atoms with Crippen LogP contribution in [0.1, 0.15) is 39.5 Å². The van der Waals surface area contributed by atoms with Crippen molar-refractivity contribution < 1.29 is 4.43 Å². The van der Waals surface area contributed by atoms with Crippen molar-refractivity contribution in [2.75, 3.05) is 4.43 Å². The number of rotatable bonds is 6. The maximum absolute atomic E-state index is 5.37. The van der Waals surface area contributed by atoms with E-state index < -0.39 is 0 Å². The Morgan fingerprint density at radius 1 is 1.27 bits per heavy atom. The predicted molar refractivity (Wildman–Crippen MR) is 58.3 cm³/mol. The predicted octanol–water partition coefficient (Wildman–Crippen LogP) is 2.86. The molecule has 0 fully saturated rings. The molecule has 0 rings (SSSR count).